The van der Waals surface area contributed by atoms with Gasteiger partial charge >= 0.3 is 23.9 Å². The van der Waals surface area contributed by atoms with Gasteiger partial charge in [-0.05, 0) is 62.8 Å². The van der Waals surface area contributed by atoms with E-state index >= 15 is 0 Å². The minimum Gasteiger partial charge on any atom is -0.517 e. The summed E-state index contributed by atoms with van der Waals surface area (Å²) >= 11 is 0. The third kappa shape index (κ3) is 19.2. The highest BCUT2D eigenvalue weighted by Crippen LogP contribution is 2.51. The molecule has 0 radical (unpaired) electrons. The third-order valence-corrected chi connectivity index (χ3v) is 20.0. The number of ether oxygens (including phenoxy) is 2. The average molecular weight is 1050 g/mol. The van der Waals surface area contributed by atoms with Crippen LogP contribution in [0.25, 0.3) is 0 Å². The normalized spacial score (nSPS) is 13.0. The summed E-state index contributed by atoms with van der Waals surface area (Å²) in [5.74, 6) is -4.91. The van der Waals surface area contributed by atoms with Crippen molar-refractivity contribution >= 4 is 44.0 Å². The van der Waals surface area contributed by atoms with Crippen LogP contribution in [0, 0.1) is 11.8 Å². The Bertz CT molecular complexity index is 2740. The van der Waals surface area contributed by atoms with Crippen LogP contribution < -0.4 is 10.6 Å². The van der Waals surface area contributed by atoms with E-state index in [4.69, 9.17) is 13.9 Å². The van der Waals surface area contributed by atoms with E-state index in [9.17, 15) is 33.9 Å². The number of carbonyl (C=O) groups excluding carboxylic acids is 5. The molecule has 0 unspecified atom stereocenters. The van der Waals surface area contributed by atoms with Crippen molar-refractivity contribution in [2.45, 2.75) is 122 Å². The quantitative estimate of drug-likeness (QED) is 0.0414. The topological polar surface area (TPSA) is 174 Å². The molecule has 0 heterocycles. The van der Waals surface area contributed by atoms with E-state index in [-0.39, 0.29) is 54.9 Å². The van der Waals surface area contributed by atoms with Crippen LogP contribution in [-0.4, -0.2) is 61.2 Å². The number of aliphatic carboxylic acids is 1. The molecule has 0 spiro atoms. The summed E-state index contributed by atoms with van der Waals surface area (Å²) < 4.78 is 17.4. The SMILES string of the molecule is CC(C)(C)[Si](C)(OC(=O)[C@H](Cc1ccccc1)NC(=O)[C@@H](CC(=O)OCc1ccccc1)Cc1ccccc1)C(C)(C)C.O=C(C[C@@H](Cc1ccccc1)C(=O)N[C@@H](Cc1ccccc1)C(=O)O)OCc1ccccc1. The second kappa shape index (κ2) is 28.9. The highest BCUT2D eigenvalue weighted by atomic mass is 28.4. The summed E-state index contributed by atoms with van der Waals surface area (Å²) in [5, 5.41) is 14.8. The summed E-state index contributed by atoms with van der Waals surface area (Å²) in [6.45, 7) is 15.0. The maximum atomic E-state index is 14.0. The summed E-state index contributed by atoms with van der Waals surface area (Å²) in [4.78, 5) is 78.2. The van der Waals surface area contributed by atoms with Crippen molar-refractivity contribution < 1.29 is 47.8 Å². The number of amides is 2. The Morgan fingerprint density at radius 1 is 0.434 bits per heavy atom. The molecule has 76 heavy (non-hydrogen) atoms. The molecule has 0 saturated heterocycles. The fourth-order valence-electron chi connectivity index (χ4n) is 8.68. The molecule has 400 valence electrons. The molecule has 4 atom stereocenters. The number of hydrogen-bond donors (Lipinski definition) is 3. The fourth-order valence-corrected chi connectivity index (χ4v) is 12.1. The first-order valence-electron chi connectivity index (χ1n) is 25.8. The Balaban J connectivity index is 0.000000290. The van der Waals surface area contributed by atoms with Crippen molar-refractivity contribution in [1.29, 1.82) is 0 Å². The summed E-state index contributed by atoms with van der Waals surface area (Å²) in [6, 6.07) is 54.3. The molecule has 0 aliphatic carbocycles. The molecule has 12 nitrogen and oxygen atoms in total. The highest BCUT2D eigenvalue weighted by molar-refractivity contribution is 6.79. The Morgan fingerprint density at radius 2 is 0.711 bits per heavy atom. The van der Waals surface area contributed by atoms with Crippen LogP contribution in [-0.2, 0) is 81.6 Å². The molecule has 0 aliphatic rings. The van der Waals surface area contributed by atoms with Crippen LogP contribution in [0.5, 0.6) is 0 Å². The minimum absolute atomic E-state index is 0.114. The average Bonchev–Trinajstić information content (AvgIpc) is 3.40. The van der Waals surface area contributed by atoms with Crippen molar-refractivity contribution in [3.63, 3.8) is 0 Å². The fraction of sp³-hybridized carbons (Fsp3) is 0.333. The number of carboxylic acid groups (broad SMARTS) is 1. The second-order valence-corrected chi connectivity index (χ2v) is 26.5. The Labute approximate surface area is 449 Å². The van der Waals surface area contributed by atoms with E-state index in [0.29, 0.717) is 12.8 Å². The molecule has 0 fully saturated rings. The summed E-state index contributed by atoms with van der Waals surface area (Å²) in [7, 11) is -2.68. The Kier molecular flexibility index (Phi) is 22.5. The van der Waals surface area contributed by atoms with Crippen molar-refractivity contribution in [3.8, 4) is 0 Å². The number of benzene rings is 6. The van der Waals surface area contributed by atoms with E-state index in [1.165, 1.54) is 0 Å². The zero-order valence-corrected chi connectivity index (χ0v) is 45.9. The van der Waals surface area contributed by atoms with Gasteiger partial charge in [0.25, 0.3) is 8.32 Å². The third-order valence-electron chi connectivity index (χ3n) is 13.7. The van der Waals surface area contributed by atoms with Crippen molar-refractivity contribution in [2.75, 3.05) is 0 Å². The number of carbonyl (C=O) groups is 6. The summed E-state index contributed by atoms with van der Waals surface area (Å²) in [6.07, 6.45) is 0.795. The van der Waals surface area contributed by atoms with Gasteiger partial charge in [-0.3, -0.25) is 24.0 Å². The molecule has 6 rings (SSSR count). The van der Waals surface area contributed by atoms with Gasteiger partial charge in [-0.15, -0.1) is 0 Å². The van der Waals surface area contributed by atoms with Crippen molar-refractivity contribution in [1.82, 2.24) is 10.6 Å². The molecular weight excluding hydrogens is 973 g/mol. The van der Waals surface area contributed by atoms with E-state index in [2.05, 4.69) is 58.7 Å². The monoisotopic (exact) mass is 1050 g/mol. The number of rotatable bonds is 23. The first-order chi connectivity index (χ1) is 36.2. The molecule has 0 aromatic heterocycles. The minimum atomic E-state index is -2.68. The smallest absolute Gasteiger partial charge is 0.326 e. The molecule has 13 heteroatoms. The lowest BCUT2D eigenvalue weighted by atomic mass is 9.94. The van der Waals surface area contributed by atoms with Crippen LogP contribution in [0.4, 0.5) is 0 Å². The van der Waals surface area contributed by atoms with Gasteiger partial charge in [0.1, 0.15) is 25.3 Å². The first kappa shape index (κ1) is 59.2. The zero-order valence-electron chi connectivity index (χ0n) is 44.9. The van der Waals surface area contributed by atoms with Crippen LogP contribution >= 0.6 is 0 Å². The number of hydrogen-bond acceptors (Lipinski definition) is 9. The molecule has 6 aromatic carbocycles. The predicted octanol–water partition coefficient (Wildman–Crippen LogP) is 11.2. The van der Waals surface area contributed by atoms with Gasteiger partial charge in [0.2, 0.25) is 11.8 Å². The standard InChI is InChI=1S/C36H47NO5Si.C27H27NO5/c1-35(2,3)43(7,36(4,5)6)42-34(40)31(24-28-19-13-9-14-20-28)37-33(39)30(23-27-17-11-8-12-18-27)25-32(38)41-26-29-21-15-10-16-22-29;29-25(33-19-22-14-8-3-9-15-22)18-23(16-20-10-4-1-5-11-20)26(30)28-24(27(31)32)17-21-12-6-2-7-13-21/h8-22,30-31H,23-26H2,1-7H3,(H,37,39);1-15,23-24H,16-19H2,(H,28,30)(H,31,32)/t30-,31+;23-,24+/m11/s1. The van der Waals surface area contributed by atoms with Crippen LogP contribution in [0.2, 0.25) is 16.6 Å². The lowest BCUT2D eigenvalue weighted by molar-refractivity contribution is -0.149. The van der Waals surface area contributed by atoms with Gasteiger partial charge < -0.3 is 29.6 Å². The maximum Gasteiger partial charge on any atom is 0.326 e. The molecule has 0 saturated carbocycles. The molecule has 2 amide bonds. The van der Waals surface area contributed by atoms with Crippen LogP contribution in [0.15, 0.2) is 182 Å². The first-order valence-corrected chi connectivity index (χ1v) is 28.2. The van der Waals surface area contributed by atoms with Crippen LogP contribution in [0.1, 0.15) is 87.8 Å². The number of esters is 2. The lowest BCUT2D eigenvalue weighted by Gasteiger charge is -2.48. The molecule has 3 N–H and O–H groups in total. The van der Waals surface area contributed by atoms with Gasteiger partial charge in [0.15, 0.2) is 0 Å². The van der Waals surface area contributed by atoms with Crippen molar-refractivity contribution in [3.05, 3.63) is 215 Å². The zero-order chi connectivity index (χ0) is 55.1. The van der Waals surface area contributed by atoms with Gasteiger partial charge in [0.05, 0.1) is 24.7 Å². The Morgan fingerprint density at radius 3 is 1.01 bits per heavy atom. The van der Waals surface area contributed by atoms with Crippen LogP contribution in [0.3, 0.4) is 0 Å². The van der Waals surface area contributed by atoms with Crippen molar-refractivity contribution in [2.24, 2.45) is 11.8 Å². The van der Waals surface area contributed by atoms with E-state index in [0.717, 1.165) is 33.4 Å². The lowest BCUT2D eigenvalue weighted by Crippen LogP contribution is -2.56. The number of carboxylic acids is 1. The molecule has 0 aliphatic heterocycles. The predicted molar refractivity (Wildman–Crippen MR) is 298 cm³/mol. The maximum absolute atomic E-state index is 14.0. The molecule has 6 aromatic rings. The number of nitrogens with one attached hydrogen (secondary N) is 2. The van der Waals surface area contributed by atoms with Gasteiger partial charge in [0, 0.05) is 12.8 Å². The largest absolute Gasteiger partial charge is 0.517 e. The van der Waals surface area contributed by atoms with E-state index in [1.807, 2.05) is 182 Å². The molecular formula is C63H74N2O10Si. The van der Waals surface area contributed by atoms with Gasteiger partial charge in [-0.2, -0.15) is 0 Å². The Hall–Kier alpha value is -7.64. The highest BCUT2D eigenvalue weighted by Gasteiger charge is 2.54. The van der Waals surface area contributed by atoms with E-state index in [1.54, 1.807) is 0 Å². The van der Waals surface area contributed by atoms with E-state index < -0.39 is 62.0 Å². The molecule has 0 bridgehead atoms. The van der Waals surface area contributed by atoms with Gasteiger partial charge in [-0.25, -0.2) is 4.79 Å². The van der Waals surface area contributed by atoms with Gasteiger partial charge in [-0.1, -0.05) is 224 Å². The summed E-state index contributed by atoms with van der Waals surface area (Å²) in [5.41, 5.74) is 5.22. The second-order valence-electron chi connectivity index (χ2n) is 21.3.